The Morgan fingerprint density at radius 1 is 1.29 bits per heavy atom. The number of amides is 1. The summed E-state index contributed by atoms with van der Waals surface area (Å²) in [5, 5.41) is 10.9. The second kappa shape index (κ2) is 5.68. The molecule has 0 saturated carbocycles. The summed E-state index contributed by atoms with van der Waals surface area (Å²) in [6, 6.07) is 11.8. The number of rotatable bonds is 1. The predicted octanol–water partition coefficient (Wildman–Crippen LogP) is 2.71. The van der Waals surface area contributed by atoms with Gasteiger partial charge in [0.25, 0.3) is 5.91 Å². The van der Waals surface area contributed by atoms with Gasteiger partial charge in [0.15, 0.2) is 0 Å². The van der Waals surface area contributed by atoms with Gasteiger partial charge in [-0.05, 0) is 30.1 Å². The number of carbonyl (C=O) groups is 1. The number of hydrogen-bond donors (Lipinski definition) is 0. The number of nitriles is 1. The second-order valence-electron chi connectivity index (χ2n) is 5.10. The molecule has 1 aromatic carbocycles. The number of thiophene rings is 1. The van der Waals surface area contributed by atoms with Crippen LogP contribution in [0.2, 0.25) is 0 Å². The molecule has 2 heterocycles. The Morgan fingerprint density at radius 2 is 2.10 bits per heavy atom. The number of anilines is 1. The maximum Gasteiger partial charge on any atom is 0.269 e. The Bertz CT molecular complexity index is 716. The van der Waals surface area contributed by atoms with Crippen molar-refractivity contribution in [1.82, 2.24) is 4.90 Å². The van der Waals surface area contributed by atoms with Crippen LogP contribution in [0.4, 0.5) is 5.69 Å². The van der Waals surface area contributed by atoms with Gasteiger partial charge in [-0.3, -0.25) is 4.79 Å². The van der Waals surface area contributed by atoms with Crippen molar-refractivity contribution in [2.24, 2.45) is 0 Å². The van der Waals surface area contributed by atoms with Gasteiger partial charge in [-0.25, -0.2) is 0 Å². The average molecular weight is 297 g/mol. The van der Waals surface area contributed by atoms with Crippen molar-refractivity contribution in [3.05, 3.63) is 51.7 Å². The Labute approximate surface area is 127 Å². The van der Waals surface area contributed by atoms with E-state index in [4.69, 9.17) is 5.26 Å². The fourth-order valence-corrected chi connectivity index (χ4v) is 3.36. The third-order valence-electron chi connectivity index (χ3n) is 3.65. The highest BCUT2D eigenvalue weighted by molar-refractivity contribution is 7.12. The molecule has 1 amide bonds. The van der Waals surface area contributed by atoms with E-state index in [0.29, 0.717) is 17.0 Å². The molecule has 4 nitrogen and oxygen atoms in total. The highest BCUT2D eigenvalue weighted by Gasteiger charge is 2.26. The fraction of sp³-hybridized carbons (Fsp3) is 0.250. The number of fused-ring (bicyclic) bond motifs is 1. The molecular weight excluding hydrogens is 282 g/mol. The highest BCUT2D eigenvalue weighted by atomic mass is 32.1. The fourth-order valence-electron chi connectivity index (χ4n) is 2.57. The minimum absolute atomic E-state index is 0.0794. The highest BCUT2D eigenvalue weighted by Crippen LogP contribution is 2.28. The van der Waals surface area contributed by atoms with Crippen LogP contribution >= 0.6 is 11.3 Å². The van der Waals surface area contributed by atoms with Crippen LogP contribution < -0.4 is 4.90 Å². The molecule has 0 radical (unpaired) electrons. The molecule has 2 aromatic rings. The van der Waals surface area contributed by atoms with E-state index in [1.807, 2.05) is 18.2 Å². The van der Waals surface area contributed by atoms with Crippen molar-refractivity contribution in [2.45, 2.75) is 6.54 Å². The molecule has 21 heavy (non-hydrogen) atoms. The van der Waals surface area contributed by atoms with E-state index in [-0.39, 0.29) is 5.91 Å². The zero-order valence-corrected chi connectivity index (χ0v) is 12.6. The lowest BCUT2D eigenvalue weighted by Crippen LogP contribution is -2.35. The summed E-state index contributed by atoms with van der Waals surface area (Å²) in [6.07, 6.45) is 0. The largest absolute Gasteiger partial charge is 0.306 e. The Balaban J connectivity index is 2.02. The van der Waals surface area contributed by atoms with Gasteiger partial charge in [-0.2, -0.15) is 5.26 Å². The first kappa shape index (κ1) is 13.8. The van der Waals surface area contributed by atoms with Crippen LogP contribution in [-0.4, -0.2) is 30.9 Å². The van der Waals surface area contributed by atoms with Crippen LogP contribution in [0.25, 0.3) is 0 Å². The number of para-hydroxylation sites is 1. The van der Waals surface area contributed by atoms with Gasteiger partial charge in [0, 0.05) is 25.3 Å². The van der Waals surface area contributed by atoms with Gasteiger partial charge in [-0.15, -0.1) is 11.3 Å². The number of carbonyl (C=O) groups excluding carboxylic acids is 1. The molecule has 5 heteroatoms. The minimum Gasteiger partial charge on any atom is -0.306 e. The van der Waals surface area contributed by atoms with Crippen LogP contribution in [0.5, 0.6) is 0 Å². The summed E-state index contributed by atoms with van der Waals surface area (Å²) in [5.74, 6) is -0.0794. The summed E-state index contributed by atoms with van der Waals surface area (Å²) in [5.41, 5.74) is 2.55. The van der Waals surface area contributed by atoms with Crippen LogP contribution in [0, 0.1) is 11.3 Å². The topological polar surface area (TPSA) is 47.3 Å². The van der Waals surface area contributed by atoms with Gasteiger partial charge in [0.05, 0.1) is 5.56 Å². The van der Waals surface area contributed by atoms with Gasteiger partial charge in [0.1, 0.15) is 10.9 Å². The van der Waals surface area contributed by atoms with E-state index in [9.17, 15) is 4.79 Å². The summed E-state index contributed by atoms with van der Waals surface area (Å²) in [4.78, 5) is 17.4. The molecule has 0 aliphatic carbocycles. The third kappa shape index (κ3) is 2.56. The van der Waals surface area contributed by atoms with Crippen molar-refractivity contribution in [3.8, 4) is 6.07 Å². The quantitative estimate of drug-likeness (QED) is 0.813. The van der Waals surface area contributed by atoms with Crippen LogP contribution in [0.1, 0.15) is 20.8 Å². The number of nitrogens with zero attached hydrogens (tertiary/aromatic N) is 3. The smallest absolute Gasteiger partial charge is 0.269 e. The van der Waals surface area contributed by atoms with Crippen molar-refractivity contribution in [2.75, 3.05) is 25.0 Å². The molecule has 0 saturated heterocycles. The zero-order valence-electron chi connectivity index (χ0n) is 11.7. The normalized spacial score (nSPS) is 15.1. The predicted molar refractivity (Wildman–Crippen MR) is 83.5 cm³/mol. The standard InChI is InChI=1S/C16H15N3OS/c1-18-7-8-19(14-5-3-2-4-13(14)11-18)16(20)15-12(10-17)6-9-21-15/h2-6,9H,7-8,11H2,1H3. The molecular formula is C16H15N3OS. The molecule has 1 aliphatic rings. The Morgan fingerprint density at radius 3 is 2.90 bits per heavy atom. The van der Waals surface area contributed by atoms with Crippen molar-refractivity contribution in [1.29, 1.82) is 5.26 Å². The van der Waals surface area contributed by atoms with Gasteiger partial charge < -0.3 is 9.80 Å². The van der Waals surface area contributed by atoms with E-state index in [2.05, 4.69) is 24.1 Å². The van der Waals surface area contributed by atoms with Gasteiger partial charge >= 0.3 is 0 Å². The lowest BCUT2D eigenvalue weighted by atomic mass is 10.1. The summed E-state index contributed by atoms with van der Waals surface area (Å²) in [7, 11) is 2.05. The summed E-state index contributed by atoms with van der Waals surface area (Å²) >= 11 is 1.33. The first-order valence-corrected chi connectivity index (χ1v) is 7.64. The second-order valence-corrected chi connectivity index (χ2v) is 6.01. The number of benzene rings is 1. The zero-order chi connectivity index (χ0) is 14.8. The lowest BCUT2D eigenvalue weighted by Gasteiger charge is -2.22. The summed E-state index contributed by atoms with van der Waals surface area (Å²) < 4.78 is 0. The molecule has 0 atom stereocenters. The molecule has 0 bridgehead atoms. The molecule has 1 aliphatic heterocycles. The first-order chi connectivity index (χ1) is 10.2. The van der Waals surface area contributed by atoms with E-state index >= 15 is 0 Å². The molecule has 1 aromatic heterocycles. The van der Waals surface area contributed by atoms with Crippen LogP contribution in [0.3, 0.4) is 0 Å². The molecule has 0 unspecified atom stereocenters. The molecule has 3 rings (SSSR count). The Hall–Kier alpha value is -2.16. The average Bonchev–Trinajstić information content (AvgIpc) is 2.90. The van der Waals surface area contributed by atoms with E-state index in [1.165, 1.54) is 11.3 Å². The maximum atomic E-state index is 12.8. The summed E-state index contributed by atoms with van der Waals surface area (Å²) in [6.45, 7) is 2.28. The van der Waals surface area contributed by atoms with E-state index in [1.54, 1.807) is 16.3 Å². The number of hydrogen-bond acceptors (Lipinski definition) is 4. The minimum atomic E-state index is -0.0794. The molecule has 106 valence electrons. The van der Waals surface area contributed by atoms with Crippen molar-refractivity contribution >= 4 is 22.9 Å². The van der Waals surface area contributed by atoms with Crippen molar-refractivity contribution in [3.63, 3.8) is 0 Å². The van der Waals surface area contributed by atoms with Crippen LogP contribution in [-0.2, 0) is 6.54 Å². The number of likely N-dealkylation sites (N-methyl/N-ethyl adjacent to an activating group) is 1. The third-order valence-corrected chi connectivity index (χ3v) is 4.56. The molecule has 0 N–H and O–H groups in total. The Kier molecular flexibility index (Phi) is 3.74. The van der Waals surface area contributed by atoms with E-state index < -0.39 is 0 Å². The van der Waals surface area contributed by atoms with Crippen LogP contribution in [0.15, 0.2) is 35.7 Å². The first-order valence-electron chi connectivity index (χ1n) is 6.76. The molecule has 0 fully saturated rings. The maximum absolute atomic E-state index is 12.8. The van der Waals surface area contributed by atoms with Crippen molar-refractivity contribution < 1.29 is 4.79 Å². The van der Waals surface area contributed by atoms with Gasteiger partial charge in [0.2, 0.25) is 0 Å². The monoisotopic (exact) mass is 297 g/mol. The van der Waals surface area contributed by atoms with E-state index in [0.717, 1.165) is 24.3 Å². The van der Waals surface area contributed by atoms with Gasteiger partial charge in [-0.1, -0.05) is 18.2 Å². The molecule has 0 spiro atoms. The lowest BCUT2D eigenvalue weighted by molar-refractivity contribution is 0.0989. The SMILES string of the molecule is CN1CCN(C(=O)c2sccc2C#N)c2ccccc2C1.